The number of aryl methyl sites for hydroxylation is 1. The van der Waals surface area contributed by atoms with Gasteiger partial charge in [-0.3, -0.25) is 23.7 Å². The van der Waals surface area contributed by atoms with Gasteiger partial charge in [-0.15, -0.1) is 0 Å². The molecule has 1 saturated heterocycles. The Balaban J connectivity index is 1.42. The van der Waals surface area contributed by atoms with E-state index in [0.717, 1.165) is 45.7 Å². The third kappa shape index (κ3) is 5.41. The van der Waals surface area contributed by atoms with Crippen molar-refractivity contribution in [1.29, 1.82) is 0 Å². The van der Waals surface area contributed by atoms with Crippen LogP contribution in [-0.4, -0.2) is 40.6 Å². The second-order valence-electron chi connectivity index (χ2n) is 10.8. The van der Waals surface area contributed by atoms with Crippen molar-refractivity contribution in [1.82, 2.24) is 4.57 Å². The van der Waals surface area contributed by atoms with Crippen molar-refractivity contribution in [3.05, 3.63) is 103 Å². The van der Waals surface area contributed by atoms with Gasteiger partial charge in [-0.05, 0) is 74.4 Å². The van der Waals surface area contributed by atoms with E-state index >= 15 is 0 Å². The third-order valence-corrected chi connectivity index (χ3v) is 11.4. The maximum Gasteiger partial charge on any atom is 0.308 e. The van der Waals surface area contributed by atoms with Crippen LogP contribution in [0.5, 0.6) is 0 Å². The number of nitrogens with one attached hydrogen (secondary N) is 1. The summed E-state index contributed by atoms with van der Waals surface area (Å²) in [5.41, 5.74) is 4.01. The number of thiazole rings is 1. The van der Waals surface area contributed by atoms with Gasteiger partial charge in [0.25, 0.3) is 0 Å². The molecule has 3 aromatic carbocycles. The number of aromatic nitrogens is 1. The molecule has 3 atom stereocenters. The fourth-order valence-corrected chi connectivity index (χ4v) is 9.02. The predicted octanol–water partition coefficient (Wildman–Crippen LogP) is 6.26. The van der Waals surface area contributed by atoms with Gasteiger partial charge in [0.1, 0.15) is 11.8 Å². The normalized spacial score (nSPS) is 19.1. The lowest BCUT2D eigenvalue weighted by atomic mass is 9.83. The highest BCUT2D eigenvalue weighted by Crippen LogP contribution is 2.54. The summed E-state index contributed by atoms with van der Waals surface area (Å²) in [5, 5.41) is 2.73. The molecule has 11 heteroatoms. The van der Waals surface area contributed by atoms with Crippen LogP contribution in [-0.2, 0) is 20.9 Å². The lowest BCUT2D eigenvalue weighted by Crippen LogP contribution is -2.33. The topological polar surface area (TPSA) is 91.7 Å². The average molecular weight is 692 g/mol. The summed E-state index contributed by atoms with van der Waals surface area (Å²) in [7, 11) is 0. The van der Waals surface area contributed by atoms with Crippen LogP contribution in [0.2, 0.25) is 0 Å². The first kappa shape index (κ1) is 30.4. The summed E-state index contributed by atoms with van der Waals surface area (Å²) >= 11 is 5.69. The minimum Gasteiger partial charge on any atom is -0.372 e. The van der Waals surface area contributed by atoms with Crippen molar-refractivity contribution in [2.24, 2.45) is 5.92 Å². The Bertz CT molecular complexity index is 1800. The Morgan fingerprint density at radius 1 is 0.932 bits per heavy atom. The Kier molecular flexibility index (Phi) is 8.54. The highest BCUT2D eigenvalue weighted by atomic mass is 79.9. The zero-order valence-corrected chi connectivity index (χ0v) is 27.7. The van der Waals surface area contributed by atoms with Crippen LogP contribution in [0.3, 0.4) is 0 Å². The Labute approximate surface area is 272 Å². The highest BCUT2D eigenvalue weighted by Gasteiger charge is 2.56. The molecule has 1 fully saturated rings. The van der Waals surface area contributed by atoms with Gasteiger partial charge in [0.05, 0.1) is 16.6 Å². The lowest BCUT2D eigenvalue weighted by molar-refractivity contribution is -0.122. The van der Waals surface area contributed by atoms with E-state index in [2.05, 4.69) is 40.0 Å². The molecular weight excluding hydrogens is 660 g/mol. The molecule has 1 aromatic heterocycles. The molecule has 0 spiro atoms. The highest BCUT2D eigenvalue weighted by molar-refractivity contribution is 9.10. The summed E-state index contributed by atoms with van der Waals surface area (Å²) in [6, 6.07) is 22.6. The number of fused-ring (bicyclic) bond motifs is 2. The van der Waals surface area contributed by atoms with Crippen LogP contribution in [0.1, 0.15) is 35.8 Å². The number of carbonyl (C=O) groups excluding carboxylic acids is 3. The fourth-order valence-electron chi connectivity index (χ4n) is 5.99. The Hall–Kier alpha value is -3.67. The summed E-state index contributed by atoms with van der Waals surface area (Å²) in [4.78, 5) is 58.6. The molecule has 2 aliphatic heterocycles. The number of carbonyl (C=O) groups is 3. The maximum absolute atomic E-state index is 14.1. The average Bonchev–Trinajstić information content (AvgIpc) is 3.46. The summed E-state index contributed by atoms with van der Waals surface area (Å²) in [6.45, 7) is 7.61. The first-order chi connectivity index (χ1) is 21.2. The summed E-state index contributed by atoms with van der Waals surface area (Å²) in [6.07, 6.45) is 0. The van der Waals surface area contributed by atoms with Crippen LogP contribution in [0, 0.1) is 12.8 Å². The van der Waals surface area contributed by atoms with Crippen molar-refractivity contribution in [3.8, 4) is 0 Å². The van der Waals surface area contributed by atoms with Crippen LogP contribution in [0.15, 0.2) is 87.1 Å². The van der Waals surface area contributed by atoms with E-state index in [0.29, 0.717) is 21.3 Å². The van der Waals surface area contributed by atoms with Gasteiger partial charge in [0, 0.05) is 39.7 Å². The van der Waals surface area contributed by atoms with Gasteiger partial charge >= 0.3 is 4.87 Å². The monoisotopic (exact) mass is 690 g/mol. The van der Waals surface area contributed by atoms with Crippen molar-refractivity contribution >= 4 is 73.8 Å². The number of rotatable bonds is 8. The van der Waals surface area contributed by atoms with Crippen LogP contribution < -0.4 is 20.0 Å². The molecule has 1 N–H and O–H groups in total. The van der Waals surface area contributed by atoms with E-state index in [1.165, 1.54) is 21.2 Å². The molecule has 0 aliphatic carbocycles. The van der Waals surface area contributed by atoms with Crippen molar-refractivity contribution < 1.29 is 14.4 Å². The van der Waals surface area contributed by atoms with Gasteiger partial charge in [0.2, 0.25) is 17.7 Å². The van der Waals surface area contributed by atoms with E-state index in [4.69, 9.17) is 0 Å². The number of imide groups is 1. The number of nitrogens with zero attached hydrogens (tertiary/aromatic N) is 3. The number of anilines is 3. The molecule has 0 radical (unpaired) electrons. The van der Waals surface area contributed by atoms with Gasteiger partial charge < -0.3 is 10.2 Å². The molecule has 4 aromatic rings. The van der Waals surface area contributed by atoms with E-state index in [-0.39, 0.29) is 29.1 Å². The molecule has 0 bridgehead atoms. The second-order valence-corrected chi connectivity index (χ2v) is 13.8. The first-order valence-corrected chi connectivity index (χ1v) is 16.9. The summed E-state index contributed by atoms with van der Waals surface area (Å²) in [5.74, 6) is -2.16. The van der Waals surface area contributed by atoms with Gasteiger partial charge in [0.15, 0.2) is 0 Å². The van der Waals surface area contributed by atoms with Crippen molar-refractivity contribution in [2.75, 3.05) is 28.2 Å². The molecule has 3 unspecified atom stereocenters. The maximum atomic E-state index is 14.1. The molecule has 3 amide bonds. The number of benzene rings is 3. The summed E-state index contributed by atoms with van der Waals surface area (Å²) < 4.78 is 2.29. The Morgan fingerprint density at radius 2 is 1.61 bits per heavy atom. The van der Waals surface area contributed by atoms with Crippen LogP contribution in [0.4, 0.5) is 17.1 Å². The van der Waals surface area contributed by atoms with E-state index in [9.17, 15) is 19.2 Å². The van der Waals surface area contributed by atoms with Gasteiger partial charge in [-0.1, -0.05) is 69.4 Å². The van der Waals surface area contributed by atoms with E-state index < -0.39 is 17.1 Å². The standard InChI is InChI=1S/C33H31BrN4O4S2/c1-4-36(5-2)22-14-10-20(11-15-22)26-27-28(31(41)38(30(27)40)23-16-12-21(34)13-17-23)43-32-29(26)44-33(42)37(32)18-25(39)35-24-9-7-6-8-19(24)3/h6-17,26-28H,4-5,18H2,1-3H3,(H,35,39). The lowest BCUT2D eigenvalue weighted by Gasteiger charge is -2.31. The molecule has 3 heterocycles. The number of halogens is 1. The third-order valence-electron chi connectivity index (χ3n) is 8.24. The predicted molar refractivity (Wildman–Crippen MR) is 180 cm³/mol. The quantitative estimate of drug-likeness (QED) is 0.220. The molecule has 8 nitrogen and oxygen atoms in total. The molecule has 2 aliphatic rings. The largest absolute Gasteiger partial charge is 0.372 e. The van der Waals surface area contributed by atoms with Gasteiger partial charge in [-0.25, -0.2) is 4.90 Å². The molecule has 0 saturated carbocycles. The Morgan fingerprint density at radius 3 is 2.27 bits per heavy atom. The minimum atomic E-state index is -0.745. The van der Waals surface area contributed by atoms with Crippen LogP contribution in [0.25, 0.3) is 0 Å². The number of thioether (sulfide) groups is 1. The second kappa shape index (κ2) is 12.4. The number of amides is 3. The molecule has 44 heavy (non-hydrogen) atoms. The van der Waals surface area contributed by atoms with Crippen molar-refractivity contribution in [2.45, 2.75) is 43.5 Å². The molecular formula is C33H31BrN4O4S2. The smallest absolute Gasteiger partial charge is 0.308 e. The van der Waals surface area contributed by atoms with E-state index in [1.54, 1.807) is 24.3 Å². The molecule has 226 valence electrons. The number of hydrogen-bond acceptors (Lipinski definition) is 7. The first-order valence-electron chi connectivity index (χ1n) is 14.5. The fraction of sp³-hybridized carbons (Fsp3) is 0.273. The van der Waals surface area contributed by atoms with Crippen LogP contribution >= 0.6 is 39.0 Å². The van der Waals surface area contributed by atoms with Gasteiger partial charge in [-0.2, -0.15) is 0 Å². The van der Waals surface area contributed by atoms with E-state index in [1.807, 2.05) is 55.5 Å². The zero-order valence-electron chi connectivity index (χ0n) is 24.5. The number of para-hydroxylation sites is 1. The number of hydrogen-bond donors (Lipinski definition) is 1. The van der Waals surface area contributed by atoms with Crippen molar-refractivity contribution in [3.63, 3.8) is 0 Å². The zero-order chi connectivity index (χ0) is 31.1. The minimum absolute atomic E-state index is 0.199. The molecule has 6 rings (SSSR count). The SMILES string of the molecule is CCN(CC)c1ccc(C2c3sc(=O)n(CC(=O)Nc4ccccc4C)c3SC3C(=O)N(c4ccc(Br)cc4)C(=O)C32)cc1.